The van der Waals surface area contributed by atoms with E-state index in [0.29, 0.717) is 0 Å². The zero-order chi connectivity index (χ0) is 32.3. The van der Waals surface area contributed by atoms with Gasteiger partial charge in [-0.15, -0.1) is 0 Å². The van der Waals surface area contributed by atoms with Gasteiger partial charge in [-0.2, -0.15) is 0 Å². The molecule has 0 radical (unpaired) electrons. The molecule has 0 saturated heterocycles. The van der Waals surface area contributed by atoms with Crippen LogP contribution in [0, 0.1) is 0 Å². The lowest BCUT2D eigenvalue weighted by Gasteiger charge is -2.13. The fraction of sp³-hybridized carbons (Fsp3) is 0. The van der Waals surface area contributed by atoms with Gasteiger partial charge in [0.05, 0.1) is 22.1 Å². The van der Waals surface area contributed by atoms with E-state index in [0.717, 1.165) is 90.0 Å². The van der Waals surface area contributed by atoms with Crippen molar-refractivity contribution in [1.29, 1.82) is 0 Å². The molecule has 0 atom stereocenters. The molecule has 9 aromatic rings. The summed E-state index contributed by atoms with van der Waals surface area (Å²) in [5.41, 5.74) is 12.5. The normalized spacial score (nSPS) is 11.8. The van der Waals surface area contributed by atoms with Crippen LogP contribution in [0.25, 0.3) is 78.5 Å². The minimum absolute atomic E-state index is 0.807. The number of hydrogen-bond donors (Lipinski definition) is 0. The van der Waals surface area contributed by atoms with E-state index in [1.54, 1.807) is 0 Å². The van der Waals surface area contributed by atoms with Crippen molar-refractivity contribution in [3.8, 4) is 67.9 Å². The lowest BCUT2D eigenvalue weighted by Crippen LogP contribution is -1.98. The smallest absolute Gasteiger partial charge is 0.145 e. The van der Waals surface area contributed by atoms with Crippen LogP contribution >= 0.6 is 0 Å². The molecule has 5 nitrogen and oxygen atoms in total. The van der Waals surface area contributed by atoms with Crippen molar-refractivity contribution < 1.29 is 4.74 Å². The Morgan fingerprint density at radius 1 is 0.367 bits per heavy atom. The van der Waals surface area contributed by atoms with Crippen LogP contribution in [0.1, 0.15) is 0 Å². The second kappa shape index (κ2) is 10.9. The van der Waals surface area contributed by atoms with Gasteiger partial charge in [-0.05, 0) is 96.1 Å². The Balaban J connectivity index is 1.15. The molecule has 1 aliphatic rings. The van der Waals surface area contributed by atoms with E-state index in [2.05, 4.69) is 155 Å². The number of fused-ring (bicyclic) bond motifs is 7. The van der Waals surface area contributed by atoms with Gasteiger partial charge in [-0.1, -0.05) is 84.9 Å². The van der Waals surface area contributed by atoms with Gasteiger partial charge < -0.3 is 4.74 Å². The van der Waals surface area contributed by atoms with E-state index in [9.17, 15) is 0 Å². The lowest BCUT2D eigenvalue weighted by molar-refractivity contribution is 0.488. The highest BCUT2D eigenvalue weighted by Crippen LogP contribution is 2.49. The maximum Gasteiger partial charge on any atom is 0.145 e. The highest BCUT2D eigenvalue weighted by atomic mass is 16.5. The summed E-state index contributed by atoms with van der Waals surface area (Å²) in [6.45, 7) is 0. The maximum atomic E-state index is 6.76. The average molecular weight is 629 g/mol. The van der Waals surface area contributed by atoms with Crippen LogP contribution < -0.4 is 4.74 Å². The van der Waals surface area contributed by atoms with Crippen molar-refractivity contribution in [3.05, 3.63) is 170 Å². The summed E-state index contributed by atoms with van der Waals surface area (Å²) in [5.74, 6) is 3.39. The monoisotopic (exact) mass is 628 g/mol. The first kappa shape index (κ1) is 27.4. The van der Waals surface area contributed by atoms with Crippen LogP contribution in [0.15, 0.2) is 170 Å². The van der Waals surface area contributed by atoms with E-state index in [1.165, 1.54) is 0 Å². The van der Waals surface area contributed by atoms with Crippen molar-refractivity contribution in [2.75, 3.05) is 0 Å². The Morgan fingerprint density at radius 2 is 0.776 bits per heavy atom. The number of hydrogen-bond acceptors (Lipinski definition) is 3. The molecule has 49 heavy (non-hydrogen) atoms. The third-order valence-corrected chi connectivity index (χ3v) is 9.35. The molecule has 0 bridgehead atoms. The van der Waals surface area contributed by atoms with Gasteiger partial charge in [-0.25, -0.2) is 9.97 Å². The van der Waals surface area contributed by atoms with Crippen LogP contribution in [-0.2, 0) is 0 Å². The number of benzene rings is 7. The first-order valence-electron chi connectivity index (χ1n) is 16.4. The molecule has 10 rings (SSSR count). The van der Waals surface area contributed by atoms with E-state index in [1.807, 2.05) is 24.3 Å². The molecule has 0 saturated carbocycles. The molecule has 0 spiro atoms. The van der Waals surface area contributed by atoms with Crippen molar-refractivity contribution in [2.24, 2.45) is 0 Å². The molecular weight excluding hydrogens is 601 g/mol. The van der Waals surface area contributed by atoms with Gasteiger partial charge in [0.2, 0.25) is 0 Å². The first-order chi connectivity index (χ1) is 24.3. The molecular formula is C44H28N4O. The minimum Gasteiger partial charge on any atom is -0.456 e. The van der Waals surface area contributed by atoms with E-state index in [4.69, 9.17) is 14.7 Å². The second-order valence-corrected chi connectivity index (χ2v) is 12.3. The molecule has 0 unspecified atom stereocenters. The molecule has 2 aromatic heterocycles. The van der Waals surface area contributed by atoms with E-state index >= 15 is 0 Å². The summed E-state index contributed by atoms with van der Waals surface area (Å²) in [6.07, 6.45) is 0. The van der Waals surface area contributed by atoms with Gasteiger partial charge in [0.1, 0.15) is 23.1 Å². The Hall–Kier alpha value is -6.72. The predicted molar refractivity (Wildman–Crippen MR) is 198 cm³/mol. The van der Waals surface area contributed by atoms with Crippen LogP contribution in [0.4, 0.5) is 0 Å². The molecule has 0 aliphatic carbocycles. The molecule has 7 aromatic carbocycles. The predicted octanol–water partition coefficient (Wildman–Crippen LogP) is 11.1. The van der Waals surface area contributed by atoms with Crippen molar-refractivity contribution in [2.45, 2.75) is 0 Å². The number of nitrogens with zero attached hydrogens (tertiary/aromatic N) is 4. The fourth-order valence-corrected chi connectivity index (χ4v) is 7.12. The summed E-state index contributed by atoms with van der Waals surface area (Å²) in [6, 6.07) is 58.8. The Labute approximate surface area is 283 Å². The number of aromatic nitrogens is 4. The zero-order valence-corrected chi connectivity index (χ0v) is 26.4. The standard InChI is InChI=1S/C44H28N4O/c1-3-13-31(14-4-1)47-39-21-11-9-19-37(39)45-43(47)29-23-25-41-35(27-29)33-17-7-8-18-34(33)36-28-30(24-26-42(36)49-41)44-46-38-20-10-12-22-40(38)48(44)32-15-5-2-6-16-32/h1-28H. The molecule has 0 fully saturated rings. The third-order valence-electron chi connectivity index (χ3n) is 9.35. The molecule has 0 N–H and O–H groups in total. The summed E-state index contributed by atoms with van der Waals surface area (Å²) in [4.78, 5) is 10.3. The molecule has 1 aliphatic heterocycles. The van der Waals surface area contributed by atoms with Crippen molar-refractivity contribution >= 4 is 22.1 Å². The highest BCUT2D eigenvalue weighted by molar-refractivity contribution is 5.94. The van der Waals surface area contributed by atoms with Gasteiger partial charge in [0.25, 0.3) is 0 Å². The quantitative estimate of drug-likeness (QED) is 0.195. The minimum atomic E-state index is 0.807. The molecule has 5 heteroatoms. The first-order valence-corrected chi connectivity index (χ1v) is 16.4. The fourth-order valence-electron chi connectivity index (χ4n) is 7.12. The number of imidazole rings is 2. The summed E-state index contributed by atoms with van der Waals surface area (Å²) in [7, 11) is 0. The summed E-state index contributed by atoms with van der Waals surface area (Å²) < 4.78 is 11.2. The Bertz CT molecular complexity index is 2500. The number of ether oxygens (including phenoxy) is 1. The van der Waals surface area contributed by atoms with Crippen LogP contribution in [0.2, 0.25) is 0 Å². The lowest BCUT2D eigenvalue weighted by atomic mass is 9.93. The zero-order valence-electron chi connectivity index (χ0n) is 26.4. The molecule has 0 amide bonds. The van der Waals surface area contributed by atoms with Gasteiger partial charge >= 0.3 is 0 Å². The summed E-state index contributed by atoms with van der Waals surface area (Å²) >= 11 is 0. The van der Waals surface area contributed by atoms with Crippen molar-refractivity contribution in [1.82, 2.24) is 19.1 Å². The van der Waals surface area contributed by atoms with Gasteiger partial charge in [-0.3, -0.25) is 9.13 Å². The topological polar surface area (TPSA) is 44.9 Å². The largest absolute Gasteiger partial charge is 0.456 e. The highest BCUT2D eigenvalue weighted by Gasteiger charge is 2.24. The SMILES string of the molecule is c1ccc(-n2c(-c3ccc4c(c3)-c3ccccc3-c3cc(-c5nc6ccccc6n5-c5ccccc5)ccc3O4)nc3ccccc32)cc1. The number of para-hydroxylation sites is 6. The van der Waals surface area contributed by atoms with Crippen LogP contribution in [0.5, 0.6) is 11.5 Å². The van der Waals surface area contributed by atoms with Crippen LogP contribution in [-0.4, -0.2) is 19.1 Å². The Morgan fingerprint density at radius 3 is 1.24 bits per heavy atom. The second-order valence-electron chi connectivity index (χ2n) is 12.3. The van der Waals surface area contributed by atoms with E-state index in [-0.39, 0.29) is 0 Å². The van der Waals surface area contributed by atoms with Gasteiger partial charge in [0, 0.05) is 33.6 Å². The van der Waals surface area contributed by atoms with Gasteiger partial charge in [0.15, 0.2) is 0 Å². The van der Waals surface area contributed by atoms with Crippen molar-refractivity contribution in [3.63, 3.8) is 0 Å². The average Bonchev–Trinajstić information content (AvgIpc) is 3.72. The summed E-state index contributed by atoms with van der Waals surface area (Å²) in [5, 5.41) is 0. The Kier molecular flexibility index (Phi) is 6.11. The maximum absolute atomic E-state index is 6.76. The molecule has 230 valence electrons. The van der Waals surface area contributed by atoms with Crippen LogP contribution in [0.3, 0.4) is 0 Å². The molecule has 3 heterocycles. The third kappa shape index (κ3) is 4.40. The van der Waals surface area contributed by atoms with E-state index < -0.39 is 0 Å². The number of rotatable bonds is 4.